The number of amides is 1. The molecule has 0 radical (unpaired) electrons. The molecule has 0 aromatic heterocycles. The second-order valence-corrected chi connectivity index (χ2v) is 12.3. The summed E-state index contributed by atoms with van der Waals surface area (Å²) in [7, 11) is 0. The summed E-state index contributed by atoms with van der Waals surface area (Å²) in [6, 6.07) is 11.4. The fraction of sp³-hybridized carbons (Fsp3) is 0.545. The molecule has 4 aliphatic carbocycles. The van der Waals surface area contributed by atoms with Gasteiger partial charge in [-0.25, -0.2) is 4.39 Å². The zero-order valence-corrected chi connectivity index (χ0v) is 22.1. The van der Waals surface area contributed by atoms with E-state index in [1.165, 1.54) is 38.5 Å². The fourth-order valence-corrected chi connectivity index (χ4v) is 8.40. The summed E-state index contributed by atoms with van der Waals surface area (Å²) in [6.45, 7) is 3.96. The van der Waals surface area contributed by atoms with Gasteiger partial charge in [0.05, 0.1) is 6.04 Å². The predicted octanol–water partition coefficient (Wildman–Crippen LogP) is 7.15. The molecular formula is C33H38FNO2. The summed E-state index contributed by atoms with van der Waals surface area (Å²) in [6.07, 6.45) is 17.0. The van der Waals surface area contributed by atoms with Crippen molar-refractivity contribution < 1.29 is 13.9 Å². The van der Waals surface area contributed by atoms with E-state index in [9.17, 15) is 9.18 Å². The minimum Gasteiger partial charge on any atom is -0.487 e. The van der Waals surface area contributed by atoms with E-state index < -0.39 is 6.04 Å². The predicted molar refractivity (Wildman–Crippen MR) is 144 cm³/mol. The van der Waals surface area contributed by atoms with Gasteiger partial charge in [0.25, 0.3) is 5.91 Å². The molecule has 1 unspecified atom stereocenters. The van der Waals surface area contributed by atoms with E-state index in [1.807, 2.05) is 23.1 Å². The monoisotopic (exact) mass is 499 g/mol. The number of benzene rings is 2. The average Bonchev–Trinajstić information content (AvgIpc) is 2.86. The maximum Gasteiger partial charge on any atom is 0.299 e. The lowest BCUT2D eigenvalue weighted by Gasteiger charge is -2.56. The van der Waals surface area contributed by atoms with Crippen LogP contribution in [0.1, 0.15) is 93.0 Å². The summed E-state index contributed by atoms with van der Waals surface area (Å²) >= 11 is 0. The van der Waals surface area contributed by atoms with E-state index in [4.69, 9.17) is 11.2 Å². The number of hydrogen-bond donors (Lipinski definition) is 0. The van der Waals surface area contributed by atoms with Crippen molar-refractivity contribution in [3.8, 4) is 18.1 Å². The molecule has 0 N–H and O–H groups in total. The van der Waals surface area contributed by atoms with Gasteiger partial charge in [-0.05, 0) is 122 Å². The van der Waals surface area contributed by atoms with Crippen LogP contribution >= 0.6 is 0 Å². The van der Waals surface area contributed by atoms with Crippen molar-refractivity contribution in [2.45, 2.75) is 95.7 Å². The van der Waals surface area contributed by atoms with Crippen molar-refractivity contribution in [2.75, 3.05) is 0 Å². The van der Waals surface area contributed by atoms with Crippen molar-refractivity contribution >= 4 is 5.91 Å². The summed E-state index contributed by atoms with van der Waals surface area (Å²) in [5, 5.41) is 0. The van der Waals surface area contributed by atoms with Gasteiger partial charge < -0.3 is 9.64 Å². The number of carbonyl (C=O) groups is 1. The molecule has 4 saturated carbocycles. The summed E-state index contributed by atoms with van der Waals surface area (Å²) in [4.78, 5) is 15.0. The van der Waals surface area contributed by atoms with Gasteiger partial charge in [0, 0.05) is 6.04 Å². The Labute approximate surface area is 220 Å². The molecule has 37 heavy (non-hydrogen) atoms. The largest absolute Gasteiger partial charge is 0.487 e. The molecule has 7 rings (SSSR count). The Balaban J connectivity index is 1.34. The lowest BCUT2D eigenvalue weighted by Crippen LogP contribution is -2.53. The molecule has 4 heteroatoms. The molecule has 3 nitrogen and oxygen atoms in total. The lowest BCUT2D eigenvalue weighted by atomic mass is 9.54. The highest BCUT2D eigenvalue weighted by atomic mass is 19.1. The van der Waals surface area contributed by atoms with Gasteiger partial charge in [-0.3, -0.25) is 4.79 Å². The number of terminal acetylenes is 1. The van der Waals surface area contributed by atoms with Crippen LogP contribution < -0.4 is 4.74 Å². The van der Waals surface area contributed by atoms with E-state index in [-0.39, 0.29) is 23.4 Å². The molecule has 4 fully saturated rings. The van der Waals surface area contributed by atoms with Gasteiger partial charge in [-0.15, -0.1) is 6.42 Å². The van der Waals surface area contributed by atoms with Crippen molar-refractivity contribution in [1.29, 1.82) is 0 Å². The van der Waals surface area contributed by atoms with Crippen LogP contribution in [0.15, 0.2) is 36.4 Å². The smallest absolute Gasteiger partial charge is 0.299 e. The van der Waals surface area contributed by atoms with Crippen LogP contribution in [0.25, 0.3) is 0 Å². The first kappa shape index (κ1) is 24.5. The Bertz CT molecular complexity index is 1190. The first-order chi connectivity index (χ1) is 17.9. The molecule has 0 saturated heterocycles. The Kier molecular flexibility index (Phi) is 6.30. The van der Waals surface area contributed by atoms with Crippen molar-refractivity contribution in [1.82, 2.24) is 4.90 Å². The highest BCUT2D eigenvalue weighted by Gasteiger charge is 2.52. The molecule has 1 heterocycles. The summed E-state index contributed by atoms with van der Waals surface area (Å²) < 4.78 is 21.6. The zero-order chi connectivity index (χ0) is 25.7. The third-order valence-corrected chi connectivity index (χ3v) is 9.60. The number of carbonyl (C=O) groups excluding carboxylic acids is 1. The average molecular weight is 500 g/mol. The molecule has 2 atom stereocenters. The first-order valence-electron chi connectivity index (χ1n) is 14.2. The van der Waals surface area contributed by atoms with Crippen molar-refractivity contribution in [3.05, 3.63) is 64.5 Å². The quantitative estimate of drug-likeness (QED) is 0.395. The van der Waals surface area contributed by atoms with Gasteiger partial charge in [0.1, 0.15) is 17.2 Å². The maximum absolute atomic E-state index is 14.8. The maximum atomic E-state index is 14.8. The summed E-state index contributed by atoms with van der Waals surface area (Å²) in [5.74, 6) is 5.16. The van der Waals surface area contributed by atoms with E-state index in [0.29, 0.717) is 12.0 Å². The van der Waals surface area contributed by atoms with Gasteiger partial charge in [0.2, 0.25) is 0 Å². The van der Waals surface area contributed by atoms with E-state index >= 15 is 0 Å². The van der Waals surface area contributed by atoms with Gasteiger partial charge in [0.15, 0.2) is 0 Å². The minimum absolute atomic E-state index is 0.00573. The molecule has 0 spiro atoms. The number of halogens is 1. The Morgan fingerprint density at radius 3 is 2.35 bits per heavy atom. The number of nitrogens with zero attached hydrogens (tertiary/aromatic N) is 1. The highest BCUT2D eigenvalue weighted by molar-refractivity contribution is 5.94. The van der Waals surface area contributed by atoms with Crippen LogP contribution in [0.3, 0.4) is 0 Å². The van der Waals surface area contributed by atoms with Crippen LogP contribution in [0.5, 0.6) is 5.75 Å². The van der Waals surface area contributed by atoms with Crippen LogP contribution in [-0.4, -0.2) is 22.4 Å². The van der Waals surface area contributed by atoms with E-state index in [2.05, 4.69) is 25.0 Å². The Morgan fingerprint density at radius 1 is 1.11 bits per heavy atom. The molecule has 4 bridgehead atoms. The van der Waals surface area contributed by atoms with E-state index in [0.717, 1.165) is 59.5 Å². The molecule has 1 amide bonds. The molecule has 2 aromatic rings. The second-order valence-electron chi connectivity index (χ2n) is 12.3. The highest BCUT2D eigenvalue weighted by Crippen LogP contribution is 2.57. The number of hydrogen-bond acceptors (Lipinski definition) is 2. The normalized spacial score (nSPS) is 31.6. The van der Waals surface area contributed by atoms with Gasteiger partial charge in [-0.1, -0.05) is 38.0 Å². The van der Waals surface area contributed by atoms with Crippen LogP contribution in [0.4, 0.5) is 4.39 Å². The number of fused-ring (bicyclic) bond motifs is 1. The zero-order valence-electron chi connectivity index (χ0n) is 22.1. The molecule has 2 aromatic carbocycles. The summed E-state index contributed by atoms with van der Waals surface area (Å²) in [5.41, 5.74) is 3.54. The number of rotatable bonds is 6. The third kappa shape index (κ3) is 4.45. The fourth-order valence-electron chi connectivity index (χ4n) is 8.40. The molecule has 1 aliphatic heterocycles. The second kappa shape index (κ2) is 9.50. The van der Waals surface area contributed by atoms with Gasteiger partial charge >= 0.3 is 0 Å². The first-order valence-corrected chi connectivity index (χ1v) is 14.2. The number of aryl methyl sites for hydroxylation is 1. The molecule has 5 aliphatic rings. The number of unbranched alkanes of at least 4 members (excludes halogenated alkanes) is 1. The Hall–Kier alpha value is -2.80. The third-order valence-electron chi connectivity index (χ3n) is 9.60. The van der Waals surface area contributed by atoms with E-state index in [1.54, 1.807) is 13.0 Å². The minimum atomic E-state index is -0.405. The Morgan fingerprint density at radius 2 is 1.76 bits per heavy atom. The van der Waals surface area contributed by atoms with Crippen molar-refractivity contribution in [3.63, 3.8) is 0 Å². The van der Waals surface area contributed by atoms with Crippen molar-refractivity contribution in [2.24, 2.45) is 17.8 Å². The SMILES string of the molecule is C#CC(=O)N1C(c2ccc(OC34CC5CC(CC(C5)C3)C4)cc2)c2cc(F)c(C)cc2C[C@@H]1CCCC. The van der Waals surface area contributed by atoms with Crippen LogP contribution in [-0.2, 0) is 11.2 Å². The standard InChI is InChI=1S/C33H38FNO2/c1-4-6-7-27-16-26-12-21(3)30(34)17-29(26)32(35(27)31(36)5-2)25-8-10-28(11-9-25)37-33-18-22-13-23(19-33)15-24(14-22)20-33/h2,8-12,17,22-24,27,32H,4,6-7,13-16,18-20H2,1,3H3/t22?,23?,24?,27-,32?,33?/m0/s1. The van der Waals surface area contributed by atoms with Gasteiger partial charge in [-0.2, -0.15) is 0 Å². The van der Waals surface area contributed by atoms with Crippen LogP contribution in [0.2, 0.25) is 0 Å². The molecular weight excluding hydrogens is 461 g/mol. The molecule has 194 valence electrons. The number of ether oxygens (including phenoxy) is 1. The lowest BCUT2D eigenvalue weighted by molar-refractivity contribution is -0.130. The topological polar surface area (TPSA) is 29.5 Å². The van der Waals surface area contributed by atoms with Crippen LogP contribution in [0, 0.1) is 42.8 Å².